The molecular weight excluding hydrogens is 470 g/mol. The largest absolute Gasteiger partial charge is 0.446 e. The Balaban J connectivity index is 1.76. The topological polar surface area (TPSA) is 93.9 Å². The first-order chi connectivity index (χ1) is 18.1. The molecule has 0 spiro atoms. The molecule has 1 aromatic heterocycles. The van der Waals surface area contributed by atoms with Gasteiger partial charge in [0.25, 0.3) is 5.91 Å². The third kappa shape index (κ3) is 8.84. The quantitative estimate of drug-likeness (QED) is 0.289. The number of hydrogen-bond acceptors (Lipinski definition) is 6. The summed E-state index contributed by atoms with van der Waals surface area (Å²) >= 11 is 0. The summed E-state index contributed by atoms with van der Waals surface area (Å²) in [7, 11) is 0. The molecule has 3 rings (SSSR count). The average Bonchev–Trinajstić information content (AvgIpc) is 3.40. The van der Waals surface area contributed by atoms with Gasteiger partial charge >= 0.3 is 0 Å². The van der Waals surface area contributed by atoms with E-state index in [1.165, 1.54) is 6.26 Å². The Bertz CT molecular complexity index is 1030. The number of rotatable bonds is 16. The fourth-order valence-corrected chi connectivity index (χ4v) is 3.98. The number of ether oxygens (including phenoxy) is 2. The Morgan fingerprint density at radius 1 is 0.919 bits per heavy atom. The summed E-state index contributed by atoms with van der Waals surface area (Å²) in [5.74, 6) is -0.539. The van der Waals surface area contributed by atoms with Crippen molar-refractivity contribution in [3.05, 3.63) is 89.6 Å². The third-order valence-electron chi connectivity index (χ3n) is 5.81. The normalized spacial score (nSPS) is 11.0. The van der Waals surface area contributed by atoms with Crippen molar-refractivity contribution in [3.63, 3.8) is 0 Å². The highest BCUT2D eigenvalue weighted by Gasteiger charge is 2.28. The fourth-order valence-electron chi connectivity index (χ4n) is 3.98. The summed E-state index contributed by atoms with van der Waals surface area (Å²) in [6.45, 7) is 7.38. The Morgan fingerprint density at radius 2 is 1.51 bits per heavy atom. The van der Waals surface area contributed by atoms with Gasteiger partial charge in [-0.3, -0.25) is 9.59 Å². The van der Waals surface area contributed by atoms with Crippen LogP contribution in [0.15, 0.2) is 71.3 Å². The van der Waals surface area contributed by atoms with Gasteiger partial charge in [0.05, 0.1) is 12.5 Å². The monoisotopic (exact) mass is 507 g/mol. The first kappa shape index (κ1) is 28.1. The van der Waals surface area contributed by atoms with Crippen molar-refractivity contribution in [2.45, 2.75) is 39.2 Å². The molecule has 198 valence electrons. The Morgan fingerprint density at radius 3 is 2.11 bits per heavy atom. The summed E-state index contributed by atoms with van der Waals surface area (Å²) in [6, 6.07) is 19.5. The molecule has 3 aromatic rings. The number of oxazole rings is 1. The molecule has 1 heterocycles. The molecule has 0 atom stereocenters. The molecule has 0 aliphatic heterocycles. The zero-order valence-corrected chi connectivity index (χ0v) is 21.7. The lowest BCUT2D eigenvalue weighted by Crippen LogP contribution is -2.36. The lowest BCUT2D eigenvalue weighted by Gasteiger charge is -2.27. The van der Waals surface area contributed by atoms with E-state index in [9.17, 15) is 9.59 Å². The molecule has 0 saturated carbocycles. The molecule has 8 heteroatoms. The summed E-state index contributed by atoms with van der Waals surface area (Å²) < 4.78 is 16.4. The summed E-state index contributed by atoms with van der Waals surface area (Å²) in [5, 5.41) is 2.82. The second-order valence-corrected chi connectivity index (χ2v) is 8.50. The SMILES string of the molecule is CCOCCCNC(=O)c1coc(CN(CCCOCC)C(=O)C(c2ccccc2)c2ccccc2)n1. The molecule has 37 heavy (non-hydrogen) atoms. The van der Waals surface area contributed by atoms with E-state index in [-0.39, 0.29) is 24.1 Å². The van der Waals surface area contributed by atoms with E-state index in [1.807, 2.05) is 74.5 Å². The van der Waals surface area contributed by atoms with Gasteiger partial charge in [-0.15, -0.1) is 0 Å². The minimum Gasteiger partial charge on any atom is -0.446 e. The van der Waals surface area contributed by atoms with Crippen molar-refractivity contribution < 1.29 is 23.5 Å². The minimum absolute atomic E-state index is 0.0611. The van der Waals surface area contributed by atoms with Crippen LogP contribution in [0.3, 0.4) is 0 Å². The molecule has 2 amide bonds. The number of hydrogen-bond donors (Lipinski definition) is 1. The molecule has 0 bridgehead atoms. The maximum atomic E-state index is 14.0. The maximum absolute atomic E-state index is 14.0. The second kappa shape index (κ2) is 15.6. The number of nitrogens with one attached hydrogen (secondary N) is 1. The molecule has 8 nitrogen and oxygen atoms in total. The number of benzene rings is 2. The van der Waals surface area contributed by atoms with Crippen LogP contribution >= 0.6 is 0 Å². The Kier molecular flexibility index (Phi) is 11.8. The van der Waals surface area contributed by atoms with Crippen LogP contribution in [0.2, 0.25) is 0 Å². The fraction of sp³-hybridized carbons (Fsp3) is 0.414. The van der Waals surface area contributed by atoms with Crippen LogP contribution in [-0.4, -0.2) is 61.2 Å². The molecule has 0 fully saturated rings. The number of carbonyl (C=O) groups excluding carboxylic acids is 2. The smallest absolute Gasteiger partial charge is 0.273 e. The lowest BCUT2D eigenvalue weighted by atomic mass is 9.90. The van der Waals surface area contributed by atoms with Gasteiger partial charge in [-0.25, -0.2) is 4.98 Å². The zero-order valence-electron chi connectivity index (χ0n) is 21.7. The molecule has 0 radical (unpaired) electrons. The van der Waals surface area contributed by atoms with Gasteiger partial charge < -0.3 is 24.1 Å². The van der Waals surface area contributed by atoms with Gasteiger partial charge in [-0.05, 0) is 37.8 Å². The molecule has 1 N–H and O–H groups in total. The van der Waals surface area contributed by atoms with E-state index in [0.717, 1.165) is 11.1 Å². The van der Waals surface area contributed by atoms with E-state index >= 15 is 0 Å². The van der Waals surface area contributed by atoms with Gasteiger partial charge in [0.1, 0.15) is 6.26 Å². The number of nitrogens with zero attached hydrogens (tertiary/aromatic N) is 2. The van der Waals surface area contributed by atoms with Gasteiger partial charge in [0.15, 0.2) is 5.69 Å². The van der Waals surface area contributed by atoms with Gasteiger partial charge in [0, 0.05) is 39.5 Å². The average molecular weight is 508 g/mol. The predicted molar refractivity (Wildman–Crippen MR) is 141 cm³/mol. The van der Waals surface area contributed by atoms with Crippen molar-refractivity contribution in [1.29, 1.82) is 0 Å². The van der Waals surface area contributed by atoms with Crippen LogP contribution in [0.25, 0.3) is 0 Å². The van der Waals surface area contributed by atoms with Crippen molar-refractivity contribution >= 4 is 11.8 Å². The summed E-state index contributed by atoms with van der Waals surface area (Å²) in [5.41, 5.74) is 2.01. The maximum Gasteiger partial charge on any atom is 0.273 e. The molecule has 0 aliphatic carbocycles. The van der Waals surface area contributed by atoms with Crippen molar-refractivity contribution in [3.8, 4) is 0 Å². The number of amides is 2. The van der Waals surface area contributed by atoms with Crippen LogP contribution in [0, 0.1) is 0 Å². The van der Waals surface area contributed by atoms with Gasteiger partial charge in [0.2, 0.25) is 11.8 Å². The Labute approximate surface area is 219 Å². The molecule has 0 saturated heterocycles. The van der Waals surface area contributed by atoms with Crippen LogP contribution in [0.4, 0.5) is 0 Å². The zero-order chi connectivity index (χ0) is 26.3. The lowest BCUT2D eigenvalue weighted by molar-refractivity contribution is -0.133. The Hall–Kier alpha value is -3.49. The third-order valence-corrected chi connectivity index (χ3v) is 5.81. The van der Waals surface area contributed by atoms with E-state index in [0.29, 0.717) is 58.2 Å². The summed E-state index contributed by atoms with van der Waals surface area (Å²) in [4.78, 5) is 32.6. The van der Waals surface area contributed by atoms with E-state index in [4.69, 9.17) is 13.9 Å². The highest BCUT2D eigenvalue weighted by molar-refractivity contribution is 5.92. The van der Waals surface area contributed by atoms with E-state index < -0.39 is 5.92 Å². The van der Waals surface area contributed by atoms with Crippen molar-refractivity contribution in [1.82, 2.24) is 15.2 Å². The van der Waals surface area contributed by atoms with E-state index in [1.54, 1.807) is 4.90 Å². The van der Waals surface area contributed by atoms with Crippen LogP contribution < -0.4 is 5.32 Å². The molecule has 0 unspecified atom stereocenters. The van der Waals surface area contributed by atoms with Crippen LogP contribution in [-0.2, 0) is 20.8 Å². The van der Waals surface area contributed by atoms with Gasteiger partial charge in [-0.1, -0.05) is 60.7 Å². The number of carbonyl (C=O) groups is 2. The second-order valence-electron chi connectivity index (χ2n) is 8.50. The standard InChI is InChI=1S/C29H37N3O5/c1-3-35-19-11-17-30-28(33)25-22-37-26(31-25)21-32(18-12-20-36-4-2)29(34)27(23-13-7-5-8-14-23)24-15-9-6-10-16-24/h5-10,13-16,22,27H,3-4,11-12,17-21H2,1-2H3,(H,30,33). The first-order valence-corrected chi connectivity index (χ1v) is 12.9. The highest BCUT2D eigenvalue weighted by Crippen LogP contribution is 2.27. The predicted octanol–water partition coefficient (Wildman–Crippen LogP) is 4.42. The van der Waals surface area contributed by atoms with Gasteiger partial charge in [-0.2, -0.15) is 0 Å². The molecule has 2 aromatic carbocycles. The number of aromatic nitrogens is 1. The summed E-state index contributed by atoms with van der Waals surface area (Å²) in [6.07, 6.45) is 2.72. The first-order valence-electron chi connectivity index (χ1n) is 12.9. The highest BCUT2D eigenvalue weighted by atomic mass is 16.5. The van der Waals surface area contributed by atoms with Crippen molar-refractivity contribution in [2.24, 2.45) is 0 Å². The molecular formula is C29H37N3O5. The minimum atomic E-state index is -0.474. The van der Waals surface area contributed by atoms with Crippen molar-refractivity contribution in [2.75, 3.05) is 39.5 Å². The van der Waals surface area contributed by atoms with Crippen LogP contribution in [0.5, 0.6) is 0 Å². The molecule has 0 aliphatic rings. The van der Waals surface area contributed by atoms with E-state index in [2.05, 4.69) is 10.3 Å². The van der Waals surface area contributed by atoms with Crippen LogP contribution in [0.1, 0.15) is 60.1 Å².